The molecule has 3 N–H and O–H groups in total. The van der Waals surface area contributed by atoms with Crippen LogP contribution in [0.15, 0.2) is 46.9 Å². The molecule has 0 radical (unpaired) electrons. The van der Waals surface area contributed by atoms with Crippen molar-refractivity contribution in [2.24, 2.45) is 0 Å². The number of rotatable bonds is 5. The molecule has 6 heteroatoms. The molecule has 21 heavy (non-hydrogen) atoms. The smallest absolute Gasteiger partial charge is 0.250 e. The Hall–Kier alpha value is -1.56. The van der Waals surface area contributed by atoms with Gasteiger partial charge in [0.15, 0.2) is 0 Å². The summed E-state index contributed by atoms with van der Waals surface area (Å²) in [5, 5.41) is 3.10. The first-order valence-corrected chi connectivity index (χ1v) is 7.39. The van der Waals surface area contributed by atoms with Crippen molar-refractivity contribution >= 4 is 44.8 Å². The lowest BCUT2D eigenvalue weighted by molar-refractivity contribution is -0.121. The van der Waals surface area contributed by atoms with Crippen LogP contribution in [0.1, 0.15) is 5.56 Å². The standard InChI is InChI=1S/C15H14BrClN2O2/c16-12-4-2-1-3-10(12)8-21-9-15(20)19-14-7-11(18)5-6-13(14)17/h1-7H,8-9,18H2,(H,19,20). The number of halogens is 2. The van der Waals surface area contributed by atoms with E-state index in [1.165, 1.54) is 0 Å². The summed E-state index contributed by atoms with van der Waals surface area (Å²) in [6.07, 6.45) is 0. The number of amides is 1. The van der Waals surface area contributed by atoms with Crippen molar-refractivity contribution in [3.63, 3.8) is 0 Å². The second-order valence-electron chi connectivity index (χ2n) is 4.37. The van der Waals surface area contributed by atoms with E-state index < -0.39 is 0 Å². The van der Waals surface area contributed by atoms with E-state index in [4.69, 9.17) is 22.1 Å². The number of carbonyl (C=O) groups is 1. The van der Waals surface area contributed by atoms with Crippen molar-refractivity contribution in [2.45, 2.75) is 6.61 Å². The minimum Gasteiger partial charge on any atom is -0.399 e. The minimum absolute atomic E-state index is 0.0630. The number of anilines is 2. The van der Waals surface area contributed by atoms with Crippen LogP contribution < -0.4 is 11.1 Å². The van der Waals surface area contributed by atoms with Crippen LogP contribution in [0, 0.1) is 0 Å². The first kappa shape index (κ1) is 15.8. The van der Waals surface area contributed by atoms with E-state index in [0.717, 1.165) is 10.0 Å². The van der Waals surface area contributed by atoms with Gasteiger partial charge in [-0.2, -0.15) is 0 Å². The summed E-state index contributed by atoms with van der Waals surface area (Å²) < 4.78 is 6.34. The maximum absolute atomic E-state index is 11.8. The van der Waals surface area contributed by atoms with Crippen LogP contribution in [0.3, 0.4) is 0 Å². The van der Waals surface area contributed by atoms with Gasteiger partial charge in [-0.1, -0.05) is 45.7 Å². The minimum atomic E-state index is -0.283. The second kappa shape index (κ2) is 7.45. The average molecular weight is 370 g/mol. The van der Waals surface area contributed by atoms with Gasteiger partial charge in [0, 0.05) is 10.2 Å². The van der Waals surface area contributed by atoms with E-state index >= 15 is 0 Å². The molecule has 0 saturated heterocycles. The number of nitrogen functional groups attached to an aromatic ring is 1. The lowest BCUT2D eigenvalue weighted by Crippen LogP contribution is -2.18. The molecule has 0 unspecified atom stereocenters. The Morgan fingerprint density at radius 2 is 2.05 bits per heavy atom. The zero-order chi connectivity index (χ0) is 15.2. The van der Waals surface area contributed by atoms with E-state index in [2.05, 4.69) is 21.2 Å². The molecule has 2 rings (SSSR count). The molecule has 0 aromatic heterocycles. The van der Waals surface area contributed by atoms with Crippen LogP contribution in [0.4, 0.5) is 11.4 Å². The molecule has 0 bridgehead atoms. The van der Waals surface area contributed by atoms with Gasteiger partial charge < -0.3 is 15.8 Å². The summed E-state index contributed by atoms with van der Waals surface area (Å²) in [7, 11) is 0. The highest BCUT2D eigenvalue weighted by molar-refractivity contribution is 9.10. The topological polar surface area (TPSA) is 64.3 Å². The molecule has 0 aliphatic carbocycles. The molecule has 4 nitrogen and oxygen atoms in total. The van der Waals surface area contributed by atoms with Crippen LogP contribution >= 0.6 is 27.5 Å². The van der Waals surface area contributed by atoms with E-state index in [-0.39, 0.29) is 12.5 Å². The van der Waals surface area contributed by atoms with E-state index in [0.29, 0.717) is 23.0 Å². The molecular weight excluding hydrogens is 356 g/mol. The number of nitrogens with one attached hydrogen (secondary N) is 1. The molecule has 0 fully saturated rings. The maximum atomic E-state index is 11.8. The van der Waals surface area contributed by atoms with Crippen molar-refractivity contribution in [2.75, 3.05) is 17.7 Å². The fourth-order valence-electron chi connectivity index (χ4n) is 1.69. The largest absolute Gasteiger partial charge is 0.399 e. The van der Waals surface area contributed by atoms with Crippen LogP contribution in [-0.4, -0.2) is 12.5 Å². The van der Waals surface area contributed by atoms with Gasteiger partial charge in [0.05, 0.1) is 17.3 Å². The number of hydrogen-bond acceptors (Lipinski definition) is 3. The molecule has 0 atom stereocenters. The van der Waals surface area contributed by atoms with Crippen molar-refractivity contribution in [1.82, 2.24) is 0 Å². The Morgan fingerprint density at radius 1 is 1.29 bits per heavy atom. The molecule has 0 heterocycles. The molecule has 2 aromatic carbocycles. The Morgan fingerprint density at radius 3 is 2.81 bits per heavy atom. The highest BCUT2D eigenvalue weighted by Crippen LogP contribution is 2.24. The predicted octanol–water partition coefficient (Wildman–Crippen LogP) is 3.84. The normalized spacial score (nSPS) is 10.4. The van der Waals surface area contributed by atoms with Gasteiger partial charge in [0.25, 0.3) is 0 Å². The van der Waals surface area contributed by atoms with Gasteiger partial charge in [0.2, 0.25) is 5.91 Å². The Kier molecular flexibility index (Phi) is 5.61. The van der Waals surface area contributed by atoms with Crippen LogP contribution in [0.5, 0.6) is 0 Å². The average Bonchev–Trinajstić information content (AvgIpc) is 2.45. The number of ether oxygens (including phenoxy) is 1. The van der Waals surface area contributed by atoms with Crippen molar-refractivity contribution in [1.29, 1.82) is 0 Å². The molecule has 1 amide bonds. The van der Waals surface area contributed by atoms with Crippen molar-refractivity contribution < 1.29 is 9.53 Å². The molecule has 0 aliphatic rings. The fraction of sp³-hybridized carbons (Fsp3) is 0.133. The molecule has 2 aromatic rings. The zero-order valence-corrected chi connectivity index (χ0v) is 13.4. The SMILES string of the molecule is Nc1ccc(Cl)c(NC(=O)COCc2ccccc2Br)c1. The lowest BCUT2D eigenvalue weighted by Gasteiger charge is -2.09. The quantitative estimate of drug-likeness (QED) is 0.787. The molecule has 110 valence electrons. The van der Waals surface area contributed by atoms with Gasteiger partial charge in [-0.05, 0) is 29.8 Å². The molecule has 0 saturated carbocycles. The van der Waals surface area contributed by atoms with Crippen LogP contribution in [-0.2, 0) is 16.1 Å². The van der Waals surface area contributed by atoms with E-state index in [9.17, 15) is 4.79 Å². The maximum Gasteiger partial charge on any atom is 0.250 e. The van der Waals surface area contributed by atoms with Gasteiger partial charge in [-0.3, -0.25) is 4.79 Å². The number of nitrogens with two attached hydrogens (primary N) is 1. The van der Waals surface area contributed by atoms with E-state index in [1.54, 1.807) is 18.2 Å². The number of benzene rings is 2. The van der Waals surface area contributed by atoms with Gasteiger partial charge in [-0.25, -0.2) is 0 Å². The Bertz CT molecular complexity index is 649. The summed E-state index contributed by atoms with van der Waals surface area (Å²) in [5.74, 6) is -0.283. The Labute approximate surface area is 136 Å². The van der Waals surface area contributed by atoms with Crippen LogP contribution in [0.2, 0.25) is 5.02 Å². The number of carbonyl (C=O) groups excluding carboxylic acids is 1. The van der Waals surface area contributed by atoms with E-state index in [1.807, 2.05) is 24.3 Å². The molecule has 0 spiro atoms. The summed E-state index contributed by atoms with van der Waals surface area (Å²) in [6, 6.07) is 12.6. The summed E-state index contributed by atoms with van der Waals surface area (Å²) in [5.41, 5.74) is 7.64. The number of hydrogen-bond donors (Lipinski definition) is 2. The third-order valence-electron chi connectivity index (χ3n) is 2.71. The lowest BCUT2D eigenvalue weighted by atomic mass is 10.2. The van der Waals surface area contributed by atoms with Crippen molar-refractivity contribution in [3.05, 3.63) is 57.5 Å². The monoisotopic (exact) mass is 368 g/mol. The van der Waals surface area contributed by atoms with Gasteiger partial charge in [0.1, 0.15) is 6.61 Å². The predicted molar refractivity (Wildman–Crippen MR) is 88.3 cm³/mol. The first-order chi connectivity index (χ1) is 10.1. The summed E-state index contributed by atoms with van der Waals surface area (Å²) in [4.78, 5) is 11.8. The van der Waals surface area contributed by atoms with Gasteiger partial charge >= 0.3 is 0 Å². The van der Waals surface area contributed by atoms with Crippen LogP contribution in [0.25, 0.3) is 0 Å². The molecule has 0 aliphatic heterocycles. The fourth-order valence-corrected chi connectivity index (χ4v) is 2.26. The summed E-state index contributed by atoms with van der Waals surface area (Å²) in [6.45, 7) is 0.284. The zero-order valence-electron chi connectivity index (χ0n) is 11.1. The second-order valence-corrected chi connectivity index (χ2v) is 5.63. The first-order valence-electron chi connectivity index (χ1n) is 6.22. The van der Waals surface area contributed by atoms with Crippen molar-refractivity contribution in [3.8, 4) is 0 Å². The highest BCUT2D eigenvalue weighted by Gasteiger charge is 2.07. The molecular formula is C15H14BrClN2O2. The summed E-state index contributed by atoms with van der Waals surface area (Å²) >= 11 is 9.40. The third-order valence-corrected chi connectivity index (χ3v) is 3.82. The highest BCUT2D eigenvalue weighted by atomic mass is 79.9. The third kappa shape index (κ3) is 4.74. The Balaban J connectivity index is 1.85. The van der Waals surface area contributed by atoms with Gasteiger partial charge in [-0.15, -0.1) is 0 Å².